The van der Waals surface area contributed by atoms with E-state index in [1.54, 1.807) is 0 Å². The van der Waals surface area contributed by atoms with Gasteiger partial charge >= 0.3 is 135 Å². The van der Waals surface area contributed by atoms with Crippen molar-refractivity contribution in [3.63, 3.8) is 0 Å². The van der Waals surface area contributed by atoms with Crippen molar-refractivity contribution in [2.45, 2.75) is 112 Å². The third-order valence-corrected chi connectivity index (χ3v) is 69.4. The first kappa shape index (κ1) is 21.0. The Labute approximate surface area is 134 Å². The average molecular weight is 405 g/mol. The van der Waals surface area contributed by atoms with Gasteiger partial charge in [0.1, 0.15) is 0 Å². The Hall–Kier alpha value is 1.02. The molecule has 0 spiro atoms. The van der Waals surface area contributed by atoms with E-state index in [-0.39, 0.29) is 0 Å². The van der Waals surface area contributed by atoms with Crippen LogP contribution in [0.4, 0.5) is 0 Å². The Morgan fingerprint density at radius 1 is 0.450 bits per heavy atom. The fourth-order valence-electron chi connectivity index (χ4n) is 7.00. The third-order valence-electron chi connectivity index (χ3n) is 6.48. The fraction of sp³-hybridized carbons (Fsp3) is 1.00. The quantitative estimate of drug-likeness (QED) is 0.387. The zero-order valence-electron chi connectivity index (χ0n) is 16.5. The summed E-state index contributed by atoms with van der Waals surface area (Å²) in [5.41, 5.74) is 1.52. The van der Waals surface area contributed by atoms with Gasteiger partial charge in [0.15, 0.2) is 0 Å². The van der Waals surface area contributed by atoms with Gasteiger partial charge in [-0.15, -0.1) is 0 Å². The molecule has 0 fully saturated rings. The summed E-state index contributed by atoms with van der Waals surface area (Å²) in [4.78, 5) is 0. The van der Waals surface area contributed by atoms with Crippen LogP contribution in [0.1, 0.15) is 83.1 Å². The molecule has 0 atom stereocenters. The molecular weight excluding hydrogens is 363 g/mol. The van der Waals surface area contributed by atoms with E-state index >= 15 is 0 Å². The second-order valence-electron chi connectivity index (χ2n) is 8.79. The van der Waals surface area contributed by atoms with Gasteiger partial charge in [-0.3, -0.25) is 0 Å². The normalized spacial score (nSPS) is 14.7. The minimum absolute atomic E-state index is 0.936. The van der Waals surface area contributed by atoms with E-state index in [1.807, 2.05) is 0 Å². The predicted molar refractivity (Wildman–Crippen MR) is 102 cm³/mol. The molecule has 0 heterocycles. The van der Waals surface area contributed by atoms with Crippen molar-refractivity contribution >= 4 is 23.2 Å². The van der Waals surface area contributed by atoms with Gasteiger partial charge in [-0.25, -0.2) is 0 Å². The van der Waals surface area contributed by atoms with Crippen LogP contribution in [0.2, 0.25) is 28.4 Å². The molecule has 0 aliphatic heterocycles. The Bertz CT molecular complexity index is 216. The molecule has 0 aliphatic carbocycles. The standard InChI is InChI=1S/C9H21Si.3C3H7.Sn/c1-7(2)10(8(3)4)9(5)6;3*1-3-2;/h7-9H,1-6H3;3*3H,1-2H3;. The number of hydrogen-bond donors (Lipinski definition) is 0. The molecule has 20 heavy (non-hydrogen) atoms. The minimum atomic E-state index is -2.32. The summed E-state index contributed by atoms with van der Waals surface area (Å²) in [7, 11) is 0. The first-order chi connectivity index (χ1) is 8.91. The number of hydrogen-bond acceptors (Lipinski definition) is 0. The van der Waals surface area contributed by atoms with E-state index in [2.05, 4.69) is 83.1 Å². The van der Waals surface area contributed by atoms with Crippen LogP contribution >= 0.6 is 0 Å². The van der Waals surface area contributed by atoms with Crippen LogP contribution in [0.3, 0.4) is 0 Å². The zero-order chi connectivity index (χ0) is 16.5. The van der Waals surface area contributed by atoms with Gasteiger partial charge < -0.3 is 0 Å². The molecule has 0 amide bonds. The van der Waals surface area contributed by atoms with E-state index in [1.165, 1.54) is 0 Å². The predicted octanol–water partition coefficient (Wildman–Crippen LogP) is 7.42. The van der Waals surface area contributed by atoms with Crippen LogP contribution in [-0.2, 0) is 0 Å². The van der Waals surface area contributed by atoms with Crippen LogP contribution < -0.4 is 0 Å². The Kier molecular flexibility index (Phi) is 7.91. The SMILES string of the molecule is CC(C)[Si](C(C)C)(C(C)C)[Sn]([CH](C)C)([CH](C)C)[CH](C)C. The summed E-state index contributed by atoms with van der Waals surface area (Å²) >= 11 is -2.32. The molecule has 0 unspecified atom stereocenters. The van der Waals surface area contributed by atoms with Crippen LogP contribution in [-0.4, -0.2) is 23.2 Å². The molecule has 0 aromatic heterocycles. The van der Waals surface area contributed by atoms with Crippen molar-refractivity contribution in [1.29, 1.82) is 0 Å². The molecule has 0 rings (SSSR count). The van der Waals surface area contributed by atoms with Crippen LogP contribution in [0.15, 0.2) is 0 Å². The van der Waals surface area contributed by atoms with Crippen molar-refractivity contribution < 1.29 is 0 Å². The Morgan fingerprint density at radius 3 is 0.700 bits per heavy atom. The van der Waals surface area contributed by atoms with Gasteiger partial charge in [-0.1, -0.05) is 0 Å². The van der Waals surface area contributed by atoms with Gasteiger partial charge in [-0.05, 0) is 0 Å². The van der Waals surface area contributed by atoms with E-state index in [0.717, 1.165) is 28.4 Å². The zero-order valence-corrected chi connectivity index (χ0v) is 20.3. The van der Waals surface area contributed by atoms with Crippen LogP contribution in [0, 0.1) is 0 Å². The monoisotopic (exact) mass is 406 g/mol. The Balaban J connectivity index is 6.58. The summed E-state index contributed by atoms with van der Waals surface area (Å²) in [5, 5.41) is 0. The van der Waals surface area contributed by atoms with E-state index in [9.17, 15) is 0 Å². The van der Waals surface area contributed by atoms with E-state index in [4.69, 9.17) is 0 Å². The molecular formula is C18H42SiSn. The molecule has 0 saturated carbocycles. The molecule has 0 saturated heterocycles. The van der Waals surface area contributed by atoms with Gasteiger partial charge in [0.2, 0.25) is 0 Å². The topological polar surface area (TPSA) is 0 Å². The van der Waals surface area contributed by atoms with Crippen molar-refractivity contribution in [3.8, 4) is 0 Å². The van der Waals surface area contributed by atoms with Crippen molar-refractivity contribution in [2.75, 3.05) is 0 Å². The van der Waals surface area contributed by atoms with Crippen LogP contribution in [0.5, 0.6) is 0 Å². The van der Waals surface area contributed by atoms with Gasteiger partial charge in [0, 0.05) is 0 Å². The Morgan fingerprint density at radius 2 is 0.650 bits per heavy atom. The fourth-order valence-corrected chi connectivity index (χ4v) is 79.8. The first-order valence-corrected chi connectivity index (χ1v) is 20.4. The molecule has 2 heteroatoms. The molecule has 122 valence electrons. The van der Waals surface area contributed by atoms with Gasteiger partial charge in [0.25, 0.3) is 0 Å². The number of rotatable bonds is 7. The second-order valence-corrected chi connectivity index (χ2v) is 42.6. The first-order valence-electron chi connectivity index (χ1n) is 8.91. The third kappa shape index (κ3) is 2.91. The van der Waals surface area contributed by atoms with Gasteiger partial charge in [-0.2, -0.15) is 0 Å². The summed E-state index contributed by atoms with van der Waals surface area (Å²) < 4.78 is 2.93. The molecule has 0 N–H and O–H groups in total. The molecule has 0 aromatic rings. The summed E-state index contributed by atoms with van der Waals surface area (Å²) in [5.74, 6) is 0. The summed E-state index contributed by atoms with van der Waals surface area (Å²) in [6, 6.07) is 0. The van der Waals surface area contributed by atoms with Crippen molar-refractivity contribution in [1.82, 2.24) is 0 Å². The summed E-state index contributed by atoms with van der Waals surface area (Å²) in [6.45, 7) is 31.0. The van der Waals surface area contributed by atoms with E-state index < -0.39 is 23.2 Å². The van der Waals surface area contributed by atoms with Gasteiger partial charge in [0.05, 0.1) is 0 Å². The molecule has 0 bridgehead atoms. The maximum absolute atomic E-state index is 2.59. The van der Waals surface area contributed by atoms with Crippen molar-refractivity contribution in [2.24, 2.45) is 0 Å². The molecule has 0 nitrogen and oxygen atoms in total. The maximum atomic E-state index is 2.59. The van der Waals surface area contributed by atoms with Crippen molar-refractivity contribution in [3.05, 3.63) is 0 Å². The van der Waals surface area contributed by atoms with E-state index in [0.29, 0.717) is 0 Å². The van der Waals surface area contributed by atoms with Crippen LogP contribution in [0.25, 0.3) is 0 Å². The molecule has 0 aliphatic rings. The molecule has 0 aromatic carbocycles. The summed E-state index contributed by atoms with van der Waals surface area (Å²) in [6.07, 6.45) is 0. The average Bonchev–Trinajstić information content (AvgIpc) is 2.21. The molecule has 0 radical (unpaired) electrons. The second kappa shape index (κ2) is 7.52.